The van der Waals surface area contributed by atoms with Gasteiger partial charge in [-0.25, -0.2) is 13.1 Å². The topological polar surface area (TPSA) is 73.2 Å². The molecule has 0 fully saturated rings. The summed E-state index contributed by atoms with van der Waals surface area (Å²) in [6.45, 7) is 3.88. The van der Waals surface area contributed by atoms with Crippen LogP contribution in [0.5, 0.6) is 0 Å². The van der Waals surface area contributed by atoms with E-state index in [-0.39, 0.29) is 5.75 Å². The van der Waals surface area contributed by atoms with E-state index >= 15 is 0 Å². The highest BCUT2D eigenvalue weighted by molar-refractivity contribution is 7.89. The molecule has 0 unspecified atom stereocenters. The van der Waals surface area contributed by atoms with Crippen LogP contribution in [0.25, 0.3) is 0 Å². The Labute approximate surface area is 101 Å². The third-order valence-corrected chi connectivity index (χ3v) is 4.21. The van der Waals surface area contributed by atoms with E-state index in [1.165, 1.54) is 0 Å². The largest absolute Gasteiger partial charge is 0.376 e. The number of sulfonamides is 1. The van der Waals surface area contributed by atoms with Gasteiger partial charge in [-0.1, -0.05) is 0 Å². The molecule has 17 heavy (non-hydrogen) atoms. The third-order valence-electron chi connectivity index (χ3n) is 2.80. The van der Waals surface area contributed by atoms with Gasteiger partial charge in [-0.3, -0.25) is 4.68 Å². The Morgan fingerprint density at radius 2 is 2.41 bits per heavy atom. The summed E-state index contributed by atoms with van der Waals surface area (Å²) in [6.07, 6.45) is 2.64. The van der Waals surface area contributed by atoms with Crippen LogP contribution in [-0.4, -0.2) is 37.1 Å². The summed E-state index contributed by atoms with van der Waals surface area (Å²) >= 11 is 0. The van der Waals surface area contributed by atoms with Crippen LogP contribution in [0.3, 0.4) is 0 Å². The Kier molecular flexibility index (Phi) is 3.80. The van der Waals surface area contributed by atoms with Crippen molar-refractivity contribution in [1.82, 2.24) is 14.5 Å². The molecule has 1 aliphatic heterocycles. The van der Waals surface area contributed by atoms with Crippen molar-refractivity contribution in [3.8, 4) is 0 Å². The molecule has 7 heteroatoms. The standard InChI is InChI=1S/C10H17N3O3S/c1-2-17(14,15)12-4-5-13-10-3-6-16-8-9(10)7-11-13/h7,12H,2-6,8H2,1H3. The predicted octanol–water partition coefficient (Wildman–Crippen LogP) is -0.105. The highest BCUT2D eigenvalue weighted by Gasteiger charge is 2.15. The molecular formula is C10H17N3O3S. The first-order chi connectivity index (χ1) is 8.12. The Hall–Kier alpha value is -0.920. The molecule has 0 bridgehead atoms. The van der Waals surface area contributed by atoms with Gasteiger partial charge in [0.2, 0.25) is 10.0 Å². The maximum atomic E-state index is 11.3. The highest BCUT2D eigenvalue weighted by atomic mass is 32.2. The first-order valence-corrected chi connectivity index (χ1v) is 7.36. The van der Waals surface area contributed by atoms with E-state index in [2.05, 4.69) is 9.82 Å². The summed E-state index contributed by atoms with van der Waals surface area (Å²) in [5, 5.41) is 4.25. The summed E-state index contributed by atoms with van der Waals surface area (Å²) in [6, 6.07) is 0. The van der Waals surface area contributed by atoms with Gasteiger partial charge >= 0.3 is 0 Å². The predicted molar refractivity (Wildman–Crippen MR) is 63.1 cm³/mol. The molecular weight excluding hydrogens is 242 g/mol. The number of fused-ring (bicyclic) bond motifs is 1. The lowest BCUT2D eigenvalue weighted by Gasteiger charge is -2.14. The van der Waals surface area contributed by atoms with Gasteiger partial charge in [0.25, 0.3) is 0 Å². The molecule has 0 aliphatic carbocycles. The summed E-state index contributed by atoms with van der Waals surface area (Å²) < 4.78 is 32.2. The van der Waals surface area contributed by atoms with Crippen LogP contribution in [0, 0.1) is 0 Å². The molecule has 6 nitrogen and oxygen atoms in total. The van der Waals surface area contributed by atoms with Crippen LogP contribution >= 0.6 is 0 Å². The Bertz CT molecular complexity index is 481. The number of rotatable bonds is 5. The molecule has 1 aromatic rings. The van der Waals surface area contributed by atoms with Gasteiger partial charge in [0, 0.05) is 24.2 Å². The van der Waals surface area contributed by atoms with E-state index < -0.39 is 10.0 Å². The molecule has 0 saturated carbocycles. The van der Waals surface area contributed by atoms with Crippen molar-refractivity contribution in [2.75, 3.05) is 18.9 Å². The molecule has 2 rings (SSSR count). The Balaban J connectivity index is 1.94. The number of ether oxygens (including phenoxy) is 1. The van der Waals surface area contributed by atoms with Crippen LogP contribution in [-0.2, 0) is 34.3 Å². The minimum Gasteiger partial charge on any atom is -0.376 e. The minimum atomic E-state index is -3.11. The van der Waals surface area contributed by atoms with Gasteiger partial charge in [0.05, 0.1) is 31.7 Å². The fourth-order valence-corrected chi connectivity index (χ4v) is 2.42. The molecule has 1 aromatic heterocycles. The fourth-order valence-electron chi connectivity index (χ4n) is 1.81. The lowest BCUT2D eigenvalue weighted by atomic mass is 10.2. The maximum absolute atomic E-state index is 11.3. The van der Waals surface area contributed by atoms with E-state index in [1.54, 1.807) is 13.1 Å². The lowest BCUT2D eigenvalue weighted by Crippen LogP contribution is -2.29. The van der Waals surface area contributed by atoms with Crippen LogP contribution in [0.15, 0.2) is 6.20 Å². The fraction of sp³-hybridized carbons (Fsp3) is 0.700. The molecule has 0 atom stereocenters. The minimum absolute atomic E-state index is 0.109. The Morgan fingerprint density at radius 3 is 3.18 bits per heavy atom. The molecule has 1 aliphatic rings. The second kappa shape index (κ2) is 5.16. The van der Waals surface area contributed by atoms with Gasteiger partial charge in [0.15, 0.2) is 0 Å². The highest BCUT2D eigenvalue weighted by Crippen LogP contribution is 2.15. The third kappa shape index (κ3) is 3.05. The molecule has 0 aromatic carbocycles. The molecule has 0 spiro atoms. The van der Waals surface area contributed by atoms with Crippen molar-refractivity contribution in [3.05, 3.63) is 17.5 Å². The number of hydrogen-bond donors (Lipinski definition) is 1. The smallest absolute Gasteiger partial charge is 0.211 e. The van der Waals surface area contributed by atoms with Crippen molar-refractivity contribution >= 4 is 10.0 Å². The molecule has 96 valence electrons. The van der Waals surface area contributed by atoms with Crippen LogP contribution in [0.2, 0.25) is 0 Å². The van der Waals surface area contributed by atoms with E-state index in [9.17, 15) is 8.42 Å². The number of nitrogens with zero attached hydrogens (tertiary/aromatic N) is 2. The van der Waals surface area contributed by atoms with Gasteiger partial charge in [-0.2, -0.15) is 5.10 Å². The Morgan fingerprint density at radius 1 is 1.59 bits per heavy atom. The summed E-state index contributed by atoms with van der Waals surface area (Å²) in [4.78, 5) is 0. The van der Waals surface area contributed by atoms with Crippen molar-refractivity contribution in [1.29, 1.82) is 0 Å². The van der Waals surface area contributed by atoms with Crippen LogP contribution < -0.4 is 4.72 Å². The molecule has 1 N–H and O–H groups in total. The monoisotopic (exact) mass is 259 g/mol. The zero-order chi connectivity index (χ0) is 12.3. The molecule has 0 radical (unpaired) electrons. The SMILES string of the molecule is CCS(=O)(=O)NCCn1ncc2c1CCOC2. The van der Waals surface area contributed by atoms with Gasteiger partial charge in [-0.15, -0.1) is 0 Å². The van der Waals surface area contributed by atoms with Gasteiger partial charge in [0.1, 0.15) is 0 Å². The first-order valence-electron chi connectivity index (χ1n) is 5.71. The first kappa shape index (κ1) is 12.5. The maximum Gasteiger partial charge on any atom is 0.211 e. The van der Waals surface area contributed by atoms with E-state index in [4.69, 9.17) is 4.74 Å². The quantitative estimate of drug-likeness (QED) is 0.801. The second-order valence-electron chi connectivity index (χ2n) is 3.94. The summed E-state index contributed by atoms with van der Waals surface area (Å²) in [7, 11) is -3.11. The number of hydrogen-bond acceptors (Lipinski definition) is 4. The van der Waals surface area contributed by atoms with Crippen molar-refractivity contribution in [2.45, 2.75) is 26.5 Å². The molecule has 2 heterocycles. The molecule has 0 saturated heterocycles. The summed E-state index contributed by atoms with van der Waals surface area (Å²) in [5.41, 5.74) is 2.27. The molecule has 0 amide bonds. The van der Waals surface area contributed by atoms with Gasteiger partial charge < -0.3 is 4.74 Å². The average Bonchev–Trinajstić information content (AvgIpc) is 2.73. The van der Waals surface area contributed by atoms with E-state index in [0.29, 0.717) is 26.3 Å². The van der Waals surface area contributed by atoms with Crippen molar-refractivity contribution < 1.29 is 13.2 Å². The van der Waals surface area contributed by atoms with Crippen molar-refractivity contribution in [3.63, 3.8) is 0 Å². The lowest BCUT2D eigenvalue weighted by molar-refractivity contribution is 0.109. The average molecular weight is 259 g/mol. The van der Waals surface area contributed by atoms with Crippen LogP contribution in [0.4, 0.5) is 0 Å². The van der Waals surface area contributed by atoms with E-state index in [0.717, 1.165) is 17.7 Å². The normalized spacial score (nSPS) is 15.8. The number of nitrogens with one attached hydrogen (secondary N) is 1. The van der Waals surface area contributed by atoms with E-state index in [1.807, 2.05) is 4.68 Å². The zero-order valence-electron chi connectivity index (χ0n) is 9.85. The summed E-state index contributed by atoms with van der Waals surface area (Å²) in [5.74, 6) is 0.109. The zero-order valence-corrected chi connectivity index (χ0v) is 10.7. The second-order valence-corrected chi connectivity index (χ2v) is 6.04. The van der Waals surface area contributed by atoms with Crippen LogP contribution in [0.1, 0.15) is 18.2 Å². The van der Waals surface area contributed by atoms with Crippen molar-refractivity contribution in [2.24, 2.45) is 0 Å². The number of aromatic nitrogens is 2. The van der Waals surface area contributed by atoms with Gasteiger partial charge in [-0.05, 0) is 6.92 Å².